The zero-order chi connectivity index (χ0) is 27.7. The van der Waals surface area contributed by atoms with Gasteiger partial charge in [0.1, 0.15) is 0 Å². The van der Waals surface area contributed by atoms with Crippen LogP contribution in [0, 0.1) is 23.2 Å². The van der Waals surface area contributed by atoms with Crippen LogP contribution in [0.25, 0.3) is 0 Å². The van der Waals surface area contributed by atoms with Crippen LogP contribution in [-0.4, -0.2) is 40.2 Å². The van der Waals surface area contributed by atoms with Crippen molar-refractivity contribution in [2.45, 2.75) is 95.4 Å². The lowest BCUT2D eigenvalue weighted by Crippen LogP contribution is -2.53. The van der Waals surface area contributed by atoms with Gasteiger partial charge in [0.25, 0.3) is 0 Å². The first-order valence-electron chi connectivity index (χ1n) is 14.5. The minimum absolute atomic E-state index is 0.0837. The molecule has 3 atom stereocenters. The molecular formula is C31H41F3N4O. The lowest BCUT2D eigenvalue weighted by atomic mass is 9.49. The summed E-state index contributed by atoms with van der Waals surface area (Å²) in [4.78, 5) is 15.8. The second-order valence-electron chi connectivity index (χ2n) is 14.1. The Morgan fingerprint density at radius 1 is 1.00 bits per heavy atom. The van der Waals surface area contributed by atoms with Crippen LogP contribution in [0.1, 0.15) is 94.5 Å². The molecule has 1 saturated heterocycles. The number of likely N-dealkylation sites (N-methyl/N-ethyl adjacent to an activating group) is 1. The quantitative estimate of drug-likeness (QED) is 0.468. The molecule has 0 unspecified atom stereocenters. The van der Waals surface area contributed by atoms with Gasteiger partial charge in [-0.2, -0.15) is 18.3 Å². The molecule has 7 rings (SSSR count). The third-order valence-corrected chi connectivity index (χ3v) is 9.96. The molecule has 212 valence electrons. The Labute approximate surface area is 229 Å². The van der Waals surface area contributed by atoms with Crippen LogP contribution in [0.5, 0.6) is 0 Å². The molecule has 8 heteroatoms. The number of benzene rings is 1. The van der Waals surface area contributed by atoms with Crippen molar-refractivity contribution in [2.24, 2.45) is 23.2 Å². The predicted molar refractivity (Wildman–Crippen MR) is 144 cm³/mol. The lowest BCUT2D eigenvalue weighted by molar-refractivity contribution is -0.138. The summed E-state index contributed by atoms with van der Waals surface area (Å²) in [7, 11) is 1.94. The summed E-state index contributed by atoms with van der Waals surface area (Å²) in [5.74, 6) is 2.45. The Balaban J connectivity index is 1.23. The molecule has 4 aliphatic carbocycles. The van der Waals surface area contributed by atoms with Crippen molar-refractivity contribution in [1.29, 1.82) is 0 Å². The number of carbonyl (C=O) groups excluding carboxylic acids is 1. The zero-order valence-corrected chi connectivity index (χ0v) is 23.5. The summed E-state index contributed by atoms with van der Waals surface area (Å²) < 4.78 is 41.6. The number of carbonyl (C=O) groups is 1. The first kappa shape index (κ1) is 26.9. The molecule has 1 amide bonds. The molecule has 0 radical (unpaired) electrons. The minimum atomic E-state index is -4.38. The van der Waals surface area contributed by atoms with Crippen LogP contribution in [0.3, 0.4) is 0 Å². The van der Waals surface area contributed by atoms with Gasteiger partial charge in [0.2, 0.25) is 5.91 Å². The van der Waals surface area contributed by atoms with Gasteiger partial charge in [-0.05, 0) is 113 Å². The van der Waals surface area contributed by atoms with Gasteiger partial charge in [0, 0.05) is 31.7 Å². The van der Waals surface area contributed by atoms with Crippen LogP contribution < -0.4 is 5.32 Å². The SMILES string of the molecule is CN(CC12CC3CC(CC(C3)C1)C2)C(=O)[C@@H]1C[C@H](c2ccn(C(C)(C)C)n2)[C@H](c2ccc(C(F)(F)F)cc2)N1. The highest BCUT2D eigenvalue weighted by Gasteiger charge is 2.52. The second-order valence-corrected chi connectivity index (χ2v) is 14.1. The van der Waals surface area contributed by atoms with E-state index in [1.807, 2.05) is 28.9 Å². The summed E-state index contributed by atoms with van der Waals surface area (Å²) in [6, 6.07) is 6.64. The molecule has 2 aromatic rings. The number of hydrogen-bond acceptors (Lipinski definition) is 3. The molecule has 5 nitrogen and oxygen atoms in total. The van der Waals surface area contributed by atoms with Gasteiger partial charge in [-0.25, -0.2) is 0 Å². The van der Waals surface area contributed by atoms with Crippen LogP contribution >= 0.6 is 0 Å². The van der Waals surface area contributed by atoms with Crippen molar-refractivity contribution >= 4 is 5.91 Å². The number of amides is 1. The first-order valence-corrected chi connectivity index (χ1v) is 14.5. The Morgan fingerprint density at radius 3 is 2.10 bits per heavy atom. The van der Waals surface area contributed by atoms with Crippen molar-refractivity contribution in [1.82, 2.24) is 20.0 Å². The monoisotopic (exact) mass is 542 g/mol. The molecular weight excluding hydrogens is 501 g/mol. The van der Waals surface area contributed by atoms with Crippen molar-refractivity contribution in [3.8, 4) is 0 Å². The molecule has 2 heterocycles. The number of aromatic nitrogens is 2. The van der Waals surface area contributed by atoms with Gasteiger partial charge in [-0.1, -0.05) is 12.1 Å². The molecule has 1 aromatic carbocycles. The molecule has 0 spiro atoms. The molecule has 1 aromatic heterocycles. The summed E-state index contributed by atoms with van der Waals surface area (Å²) >= 11 is 0. The lowest BCUT2D eigenvalue weighted by Gasteiger charge is -2.57. The number of rotatable bonds is 5. The van der Waals surface area contributed by atoms with Crippen LogP contribution in [-0.2, 0) is 16.5 Å². The van der Waals surface area contributed by atoms with Crippen LogP contribution in [0.15, 0.2) is 36.5 Å². The molecule has 5 fully saturated rings. The minimum Gasteiger partial charge on any atom is -0.344 e. The van der Waals surface area contributed by atoms with Crippen molar-refractivity contribution in [2.75, 3.05) is 13.6 Å². The average Bonchev–Trinajstić information content (AvgIpc) is 3.50. The summed E-state index contributed by atoms with van der Waals surface area (Å²) in [5, 5.41) is 8.38. The van der Waals surface area contributed by atoms with Crippen LogP contribution in [0.2, 0.25) is 0 Å². The van der Waals surface area contributed by atoms with E-state index in [1.54, 1.807) is 12.1 Å². The summed E-state index contributed by atoms with van der Waals surface area (Å²) in [6.07, 6.45) is 5.99. The van der Waals surface area contributed by atoms with Gasteiger partial charge in [-0.15, -0.1) is 0 Å². The smallest absolute Gasteiger partial charge is 0.344 e. The Bertz CT molecular complexity index is 1180. The predicted octanol–water partition coefficient (Wildman–Crippen LogP) is 6.52. The van der Waals surface area contributed by atoms with E-state index < -0.39 is 17.8 Å². The van der Waals surface area contributed by atoms with Gasteiger partial charge in [-0.3, -0.25) is 14.8 Å². The molecule has 4 bridgehead atoms. The fourth-order valence-corrected chi connectivity index (χ4v) is 8.70. The first-order chi connectivity index (χ1) is 18.3. The maximum Gasteiger partial charge on any atom is 0.416 e. The van der Waals surface area contributed by atoms with Gasteiger partial charge in [0.15, 0.2) is 0 Å². The number of nitrogens with zero attached hydrogens (tertiary/aromatic N) is 3. The molecule has 5 aliphatic rings. The van der Waals surface area contributed by atoms with E-state index in [2.05, 4.69) is 26.1 Å². The van der Waals surface area contributed by atoms with Gasteiger partial charge < -0.3 is 4.90 Å². The fourth-order valence-electron chi connectivity index (χ4n) is 8.70. The molecule has 39 heavy (non-hydrogen) atoms. The maximum absolute atomic E-state index is 13.9. The van der Waals surface area contributed by atoms with Crippen LogP contribution in [0.4, 0.5) is 13.2 Å². The number of nitrogens with one attached hydrogen (secondary N) is 1. The van der Waals surface area contributed by atoms with Crippen molar-refractivity contribution in [3.05, 3.63) is 53.3 Å². The van der Waals surface area contributed by atoms with E-state index in [9.17, 15) is 18.0 Å². The number of halogens is 3. The van der Waals surface area contributed by atoms with E-state index in [0.717, 1.165) is 47.7 Å². The largest absolute Gasteiger partial charge is 0.416 e. The Morgan fingerprint density at radius 2 is 1.59 bits per heavy atom. The van der Waals surface area contributed by atoms with Gasteiger partial charge in [0.05, 0.1) is 22.8 Å². The summed E-state index contributed by atoms with van der Waals surface area (Å²) in [5.41, 5.74) is 1.01. The zero-order valence-electron chi connectivity index (χ0n) is 23.5. The summed E-state index contributed by atoms with van der Waals surface area (Å²) in [6.45, 7) is 7.04. The Hall–Kier alpha value is -2.35. The average molecular weight is 543 g/mol. The van der Waals surface area contributed by atoms with Crippen molar-refractivity contribution < 1.29 is 18.0 Å². The normalized spacial score (nSPS) is 34.0. The highest BCUT2D eigenvalue weighted by atomic mass is 19.4. The third kappa shape index (κ3) is 5.14. The fraction of sp³-hybridized carbons (Fsp3) is 0.677. The molecule has 4 saturated carbocycles. The Kier molecular flexibility index (Phi) is 6.44. The van der Waals surface area contributed by atoms with E-state index in [-0.39, 0.29) is 28.8 Å². The maximum atomic E-state index is 13.9. The third-order valence-electron chi connectivity index (χ3n) is 9.96. The molecule has 1 aliphatic heterocycles. The van der Waals surface area contributed by atoms with Gasteiger partial charge >= 0.3 is 6.18 Å². The van der Waals surface area contributed by atoms with Crippen molar-refractivity contribution in [3.63, 3.8) is 0 Å². The second kappa shape index (κ2) is 9.35. The van der Waals surface area contributed by atoms with E-state index in [4.69, 9.17) is 5.10 Å². The standard InChI is InChI=1S/C31H41F3N4O/c1-29(2,3)38-10-9-25(36-38)24-14-26(35-27(24)22-5-7-23(8-6-22)31(32,33)34)28(39)37(4)18-30-15-19-11-20(16-30)13-21(12-19)17-30/h5-10,19-21,24,26-27,35H,11-18H2,1-4H3/t19?,20?,21?,24-,26+,27+,30?/m1/s1. The number of hydrogen-bond donors (Lipinski definition) is 1. The topological polar surface area (TPSA) is 50.2 Å². The highest BCUT2D eigenvalue weighted by Crippen LogP contribution is 2.60. The highest BCUT2D eigenvalue weighted by molar-refractivity contribution is 5.82. The van der Waals surface area contributed by atoms with E-state index >= 15 is 0 Å². The molecule has 1 N–H and O–H groups in total. The van der Waals surface area contributed by atoms with E-state index in [1.165, 1.54) is 38.5 Å². The number of alkyl halides is 3. The van der Waals surface area contributed by atoms with E-state index in [0.29, 0.717) is 6.42 Å².